The largest absolute Gasteiger partial charge is 0.507 e. The molecule has 2 N–H and O–H groups in total. The fraction of sp³-hybridized carbons (Fsp3) is 0.294. The van der Waals surface area contributed by atoms with Gasteiger partial charge in [-0.2, -0.15) is 0 Å². The molecule has 6 heteroatoms. The topological polar surface area (TPSA) is 66.0 Å². The summed E-state index contributed by atoms with van der Waals surface area (Å²) in [7, 11) is 0. The van der Waals surface area contributed by atoms with E-state index in [2.05, 4.69) is 25.9 Å². The van der Waals surface area contributed by atoms with Crippen molar-refractivity contribution in [3.63, 3.8) is 0 Å². The zero-order valence-electron chi connectivity index (χ0n) is 12.4. The number of hydrogen-bond donors (Lipinski definition) is 2. The van der Waals surface area contributed by atoms with Crippen LogP contribution in [-0.2, 0) is 12.8 Å². The number of thiophene rings is 1. The lowest BCUT2D eigenvalue weighted by molar-refractivity contribution is 0.477. The third-order valence-corrected chi connectivity index (χ3v) is 5.97. The molecule has 118 valence electrons. The summed E-state index contributed by atoms with van der Waals surface area (Å²) in [5.74, 6) is 0.520. The second-order valence-corrected chi connectivity index (χ2v) is 7.82. The predicted octanol–water partition coefficient (Wildman–Crippen LogP) is 4.39. The normalized spacial score (nSPS) is 14.7. The third kappa shape index (κ3) is 2.60. The number of H-pyrrole nitrogens is 1. The van der Waals surface area contributed by atoms with Gasteiger partial charge < -0.3 is 10.1 Å². The van der Waals surface area contributed by atoms with Crippen LogP contribution in [-0.4, -0.2) is 15.1 Å². The summed E-state index contributed by atoms with van der Waals surface area (Å²) < 4.78 is 0.829. The molecule has 0 saturated heterocycles. The summed E-state index contributed by atoms with van der Waals surface area (Å²) in [5.41, 5.74) is 1.60. The highest BCUT2D eigenvalue weighted by Crippen LogP contribution is 2.35. The van der Waals surface area contributed by atoms with Crippen molar-refractivity contribution >= 4 is 37.5 Å². The zero-order valence-corrected chi connectivity index (χ0v) is 14.8. The molecule has 23 heavy (non-hydrogen) atoms. The van der Waals surface area contributed by atoms with Crippen LogP contribution >= 0.6 is 27.3 Å². The molecule has 0 fully saturated rings. The molecule has 4 rings (SSSR count). The second-order valence-electron chi connectivity index (χ2n) is 5.82. The van der Waals surface area contributed by atoms with Gasteiger partial charge in [0, 0.05) is 9.35 Å². The average molecular weight is 391 g/mol. The predicted molar refractivity (Wildman–Crippen MR) is 96.3 cm³/mol. The molecule has 3 aromatic rings. The summed E-state index contributed by atoms with van der Waals surface area (Å²) in [5, 5.41) is 10.8. The van der Waals surface area contributed by atoms with Gasteiger partial charge in [-0.15, -0.1) is 11.3 Å². The zero-order chi connectivity index (χ0) is 16.0. The average Bonchev–Trinajstić information content (AvgIpc) is 2.72. The molecule has 1 aliphatic rings. The van der Waals surface area contributed by atoms with Gasteiger partial charge in [-0.05, 0) is 49.4 Å². The maximum atomic E-state index is 12.6. The Morgan fingerprint density at radius 1 is 1.22 bits per heavy atom. The van der Waals surface area contributed by atoms with Crippen LogP contribution in [0, 0.1) is 0 Å². The number of nitrogens with one attached hydrogen (secondary N) is 1. The van der Waals surface area contributed by atoms with E-state index in [4.69, 9.17) is 0 Å². The van der Waals surface area contributed by atoms with Crippen LogP contribution in [0.1, 0.15) is 29.7 Å². The SMILES string of the molecule is O=c1[nH]c(-c2cc(Br)ccc2O)nc2sc3c(c12)CCCCC3. The fourth-order valence-electron chi connectivity index (χ4n) is 3.17. The molecule has 2 aromatic heterocycles. The quantitative estimate of drug-likeness (QED) is 0.605. The molecule has 0 amide bonds. The van der Waals surface area contributed by atoms with Crippen molar-refractivity contribution in [2.45, 2.75) is 32.1 Å². The Labute approximate surface area is 145 Å². The van der Waals surface area contributed by atoms with E-state index >= 15 is 0 Å². The Morgan fingerprint density at radius 3 is 2.91 bits per heavy atom. The molecule has 0 saturated carbocycles. The lowest BCUT2D eigenvalue weighted by Crippen LogP contribution is -2.10. The number of nitrogens with zero attached hydrogens (tertiary/aromatic N) is 1. The number of benzene rings is 1. The first-order valence-electron chi connectivity index (χ1n) is 7.67. The van der Waals surface area contributed by atoms with Crippen molar-refractivity contribution in [2.24, 2.45) is 0 Å². The van der Waals surface area contributed by atoms with E-state index in [0.717, 1.165) is 34.0 Å². The number of aryl methyl sites for hydroxylation is 2. The van der Waals surface area contributed by atoms with Crippen molar-refractivity contribution in [3.05, 3.63) is 43.5 Å². The first kappa shape index (κ1) is 14.9. The fourth-order valence-corrected chi connectivity index (χ4v) is 4.79. The Kier molecular flexibility index (Phi) is 3.73. The van der Waals surface area contributed by atoms with E-state index in [1.807, 2.05) is 0 Å². The number of hydrogen-bond acceptors (Lipinski definition) is 4. The Morgan fingerprint density at radius 2 is 2.04 bits per heavy atom. The molecule has 1 aromatic carbocycles. The number of phenols is 1. The van der Waals surface area contributed by atoms with Gasteiger partial charge in [-0.3, -0.25) is 4.79 Å². The van der Waals surface area contributed by atoms with E-state index in [-0.39, 0.29) is 11.3 Å². The van der Waals surface area contributed by atoms with Crippen molar-refractivity contribution in [2.75, 3.05) is 0 Å². The summed E-state index contributed by atoms with van der Waals surface area (Å²) in [4.78, 5) is 22.2. The van der Waals surface area contributed by atoms with Gasteiger partial charge in [-0.1, -0.05) is 22.4 Å². The van der Waals surface area contributed by atoms with Gasteiger partial charge in [-0.25, -0.2) is 4.98 Å². The summed E-state index contributed by atoms with van der Waals surface area (Å²) in [6.07, 6.45) is 5.52. The Hall–Kier alpha value is -1.66. The minimum atomic E-state index is -0.108. The first-order valence-corrected chi connectivity index (χ1v) is 9.28. The van der Waals surface area contributed by atoms with Crippen LogP contribution in [0.15, 0.2) is 27.5 Å². The number of aromatic amines is 1. The molecular weight excluding hydrogens is 376 g/mol. The molecule has 0 spiro atoms. The van der Waals surface area contributed by atoms with Crippen molar-refractivity contribution < 1.29 is 5.11 Å². The Balaban J connectivity index is 1.95. The van der Waals surface area contributed by atoms with Gasteiger partial charge in [0.2, 0.25) is 0 Å². The highest BCUT2D eigenvalue weighted by atomic mass is 79.9. The second kappa shape index (κ2) is 5.76. The summed E-state index contributed by atoms with van der Waals surface area (Å²) in [6.45, 7) is 0. The van der Waals surface area contributed by atoms with Gasteiger partial charge in [0.25, 0.3) is 5.56 Å². The molecule has 0 radical (unpaired) electrons. The lowest BCUT2D eigenvalue weighted by Gasteiger charge is -2.05. The number of halogens is 1. The van der Waals surface area contributed by atoms with Crippen LogP contribution in [0.4, 0.5) is 0 Å². The number of fused-ring (bicyclic) bond motifs is 3. The number of rotatable bonds is 1. The number of phenolic OH excluding ortho intramolecular Hbond substituents is 1. The number of aromatic nitrogens is 2. The third-order valence-electron chi connectivity index (χ3n) is 4.29. The highest BCUT2D eigenvalue weighted by molar-refractivity contribution is 9.10. The first-order chi connectivity index (χ1) is 11.1. The van der Waals surface area contributed by atoms with Crippen LogP contribution in [0.5, 0.6) is 5.75 Å². The van der Waals surface area contributed by atoms with Crippen LogP contribution < -0.4 is 5.56 Å². The smallest absolute Gasteiger partial charge is 0.260 e. The molecular formula is C17H15BrN2O2S. The lowest BCUT2D eigenvalue weighted by atomic mass is 10.1. The highest BCUT2D eigenvalue weighted by Gasteiger charge is 2.20. The van der Waals surface area contributed by atoms with E-state index in [0.29, 0.717) is 11.4 Å². The molecule has 2 heterocycles. The van der Waals surface area contributed by atoms with E-state index in [1.54, 1.807) is 29.5 Å². The van der Waals surface area contributed by atoms with Gasteiger partial charge in [0.05, 0.1) is 10.9 Å². The van der Waals surface area contributed by atoms with Gasteiger partial charge in [0.15, 0.2) is 0 Å². The molecule has 0 bridgehead atoms. The maximum absolute atomic E-state index is 12.6. The monoisotopic (exact) mass is 390 g/mol. The summed E-state index contributed by atoms with van der Waals surface area (Å²) in [6, 6.07) is 5.11. The molecule has 4 nitrogen and oxygen atoms in total. The number of aromatic hydroxyl groups is 1. The van der Waals surface area contributed by atoms with Crippen molar-refractivity contribution in [3.8, 4) is 17.1 Å². The maximum Gasteiger partial charge on any atom is 0.260 e. The minimum absolute atomic E-state index is 0.105. The van der Waals surface area contributed by atoms with Gasteiger partial charge in [0.1, 0.15) is 16.4 Å². The Bertz CT molecular complexity index is 961. The van der Waals surface area contributed by atoms with E-state index in [9.17, 15) is 9.90 Å². The molecule has 1 aliphatic carbocycles. The van der Waals surface area contributed by atoms with Crippen LogP contribution in [0.2, 0.25) is 0 Å². The molecule has 0 atom stereocenters. The van der Waals surface area contributed by atoms with E-state index in [1.165, 1.54) is 23.3 Å². The van der Waals surface area contributed by atoms with Gasteiger partial charge >= 0.3 is 0 Å². The summed E-state index contributed by atoms with van der Waals surface area (Å²) >= 11 is 5.01. The molecule has 0 aliphatic heterocycles. The standard InChI is InChI=1S/C17H15BrN2O2S/c18-9-6-7-12(21)11(8-9)15-19-16(22)14-10-4-2-1-3-5-13(10)23-17(14)20-15/h6-8,21H,1-5H2,(H,19,20,22). The minimum Gasteiger partial charge on any atom is -0.507 e. The molecule has 0 unspecified atom stereocenters. The van der Waals surface area contributed by atoms with Crippen LogP contribution in [0.3, 0.4) is 0 Å². The van der Waals surface area contributed by atoms with E-state index < -0.39 is 0 Å². The van der Waals surface area contributed by atoms with Crippen molar-refractivity contribution in [1.29, 1.82) is 0 Å². The van der Waals surface area contributed by atoms with Crippen LogP contribution in [0.25, 0.3) is 21.6 Å². The van der Waals surface area contributed by atoms with Crippen molar-refractivity contribution in [1.82, 2.24) is 9.97 Å².